The minimum atomic E-state index is -0.905. The average Bonchev–Trinajstić information content (AvgIpc) is 2.56. The normalized spacial score (nSPS) is 12.6. The predicted octanol–water partition coefficient (Wildman–Crippen LogP) is 3.58. The molecule has 1 aromatic rings. The fraction of sp³-hybridized carbons (Fsp3) is 0.450. The van der Waals surface area contributed by atoms with Crippen molar-refractivity contribution in [3.63, 3.8) is 0 Å². The molecular weight excluding hydrogens is 401 g/mol. The number of carbonyl (C=O) groups is 3. The van der Waals surface area contributed by atoms with Gasteiger partial charge in [0.1, 0.15) is 17.5 Å². The van der Waals surface area contributed by atoms with Crippen LogP contribution in [0.4, 0.5) is 9.18 Å². The number of hydrazine groups is 1. The first-order valence-electron chi connectivity index (χ1n) is 9.10. The van der Waals surface area contributed by atoms with Gasteiger partial charge >= 0.3 is 6.09 Å². The van der Waals surface area contributed by atoms with Crippen molar-refractivity contribution in [2.45, 2.75) is 52.7 Å². The molecule has 0 unspecified atom stereocenters. The second-order valence-electron chi connectivity index (χ2n) is 7.81. The van der Waals surface area contributed by atoms with Crippen LogP contribution in [-0.4, -0.2) is 29.6 Å². The first kappa shape index (κ1) is 24.4. The third-order valence-corrected chi connectivity index (χ3v) is 3.64. The fourth-order valence-electron chi connectivity index (χ4n) is 2.23. The molecule has 0 aliphatic heterocycles. The molecule has 0 aliphatic rings. The molecule has 1 atom stereocenters. The Bertz CT molecular complexity index is 775. The molecule has 0 fully saturated rings. The van der Waals surface area contributed by atoms with Crippen LogP contribution in [0, 0.1) is 11.7 Å². The van der Waals surface area contributed by atoms with Gasteiger partial charge in [0.2, 0.25) is 5.91 Å². The van der Waals surface area contributed by atoms with E-state index in [1.54, 1.807) is 20.8 Å². The predicted molar refractivity (Wildman–Crippen MR) is 109 cm³/mol. The maximum Gasteiger partial charge on any atom is 0.426 e. The largest absolute Gasteiger partial charge is 0.443 e. The Hall–Kier alpha value is -2.61. The topological polar surface area (TPSA) is 96.5 Å². The van der Waals surface area contributed by atoms with Gasteiger partial charge in [-0.1, -0.05) is 31.5 Å². The summed E-state index contributed by atoms with van der Waals surface area (Å²) >= 11 is 5.69. The van der Waals surface area contributed by atoms with Crippen LogP contribution in [0.5, 0.6) is 0 Å². The van der Waals surface area contributed by atoms with Crippen molar-refractivity contribution in [2.24, 2.45) is 5.92 Å². The van der Waals surface area contributed by atoms with E-state index in [4.69, 9.17) is 16.3 Å². The lowest BCUT2D eigenvalue weighted by Crippen LogP contribution is -2.53. The molecule has 0 spiro atoms. The molecule has 3 amide bonds. The quantitative estimate of drug-likeness (QED) is 0.477. The molecule has 3 N–H and O–H groups in total. The van der Waals surface area contributed by atoms with E-state index in [0.717, 1.165) is 12.1 Å². The Morgan fingerprint density at radius 2 is 1.86 bits per heavy atom. The summed E-state index contributed by atoms with van der Waals surface area (Å²) < 4.78 is 18.8. The average molecular weight is 428 g/mol. The molecule has 0 saturated heterocycles. The van der Waals surface area contributed by atoms with E-state index in [0.29, 0.717) is 6.42 Å². The highest BCUT2D eigenvalue weighted by molar-refractivity contribution is 6.30. The summed E-state index contributed by atoms with van der Waals surface area (Å²) in [4.78, 5) is 36.2. The molecule has 0 aliphatic carbocycles. The maximum absolute atomic E-state index is 13.8. The number of halogens is 2. The molecule has 160 valence electrons. The van der Waals surface area contributed by atoms with E-state index in [1.165, 1.54) is 18.2 Å². The minimum absolute atomic E-state index is 0.0882. The first-order valence-corrected chi connectivity index (χ1v) is 9.47. The molecule has 0 aromatic heterocycles. The summed E-state index contributed by atoms with van der Waals surface area (Å²) in [6, 6.07) is 3.16. The van der Waals surface area contributed by atoms with Gasteiger partial charge in [-0.25, -0.2) is 14.6 Å². The van der Waals surface area contributed by atoms with Gasteiger partial charge in [-0.3, -0.25) is 15.0 Å². The summed E-state index contributed by atoms with van der Waals surface area (Å²) in [5, 5.41) is 2.79. The van der Waals surface area contributed by atoms with Crippen molar-refractivity contribution in [3.05, 3.63) is 40.7 Å². The number of hydrogen-bond donors (Lipinski definition) is 3. The first-order chi connectivity index (χ1) is 13.4. The fourth-order valence-corrected chi connectivity index (χ4v) is 2.39. The second-order valence-corrected chi connectivity index (χ2v) is 8.24. The lowest BCUT2D eigenvalue weighted by Gasteiger charge is -2.22. The van der Waals surface area contributed by atoms with Crippen molar-refractivity contribution < 1.29 is 23.5 Å². The summed E-state index contributed by atoms with van der Waals surface area (Å²) in [6.07, 6.45) is 1.91. The van der Waals surface area contributed by atoms with E-state index in [-0.39, 0.29) is 16.5 Å². The van der Waals surface area contributed by atoms with Crippen molar-refractivity contribution in [1.29, 1.82) is 0 Å². The lowest BCUT2D eigenvalue weighted by atomic mass is 10.0. The highest BCUT2D eigenvalue weighted by Gasteiger charge is 2.23. The summed E-state index contributed by atoms with van der Waals surface area (Å²) in [5.41, 5.74) is 3.83. The van der Waals surface area contributed by atoms with Crippen LogP contribution in [0.15, 0.2) is 24.3 Å². The monoisotopic (exact) mass is 427 g/mol. The molecule has 1 aromatic carbocycles. The lowest BCUT2D eigenvalue weighted by molar-refractivity contribution is -0.128. The van der Waals surface area contributed by atoms with Crippen LogP contribution in [0.1, 0.15) is 46.6 Å². The number of hydrogen-bond acceptors (Lipinski definition) is 4. The molecule has 9 heteroatoms. The van der Waals surface area contributed by atoms with E-state index in [9.17, 15) is 18.8 Å². The SMILES string of the molecule is CC(C)C[C@H](NC(=O)/C=C/c1ccc(Cl)cc1F)C(=O)NNC(=O)OC(C)(C)C. The Morgan fingerprint density at radius 3 is 2.41 bits per heavy atom. The zero-order valence-electron chi connectivity index (χ0n) is 17.1. The Morgan fingerprint density at radius 1 is 1.21 bits per heavy atom. The standard InChI is InChI=1S/C20H27ClFN3O4/c1-12(2)10-16(18(27)24-25-19(28)29-20(3,4)5)23-17(26)9-7-13-6-8-14(21)11-15(13)22/h6-9,11-12,16H,10H2,1-5H3,(H,23,26)(H,24,27)(H,25,28)/b9-7+/t16-/m0/s1. The molecule has 0 bridgehead atoms. The van der Waals surface area contributed by atoms with Gasteiger partial charge in [-0.2, -0.15) is 0 Å². The number of ether oxygens (including phenoxy) is 1. The van der Waals surface area contributed by atoms with E-state index >= 15 is 0 Å². The van der Waals surface area contributed by atoms with Crippen molar-refractivity contribution in [1.82, 2.24) is 16.2 Å². The van der Waals surface area contributed by atoms with Gasteiger partial charge < -0.3 is 10.1 Å². The van der Waals surface area contributed by atoms with Crippen LogP contribution in [0.3, 0.4) is 0 Å². The second kappa shape index (κ2) is 10.8. The number of benzene rings is 1. The smallest absolute Gasteiger partial charge is 0.426 e. The minimum Gasteiger partial charge on any atom is -0.443 e. The van der Waals surface area contributed by atoms with Crippen molar-refractivity contribution >= 4 is 35.6 Å². The number of rotatable bonds is 6. The van der Waals surface area contributed by atoms with Crippen LogP contribution in [0.2, 0.25) is 5.02 Å². The van der Waals surface area contributed by atoms with Gasteiger partial charge in [0.25, 0.3) is 5.91 Å². The Labute approximate surface area is 175 Å². The molecule has 0 saturated carbocycles. The Balaban J connectivity index is 2.71. The molecular formula is C20H27ClFN3O4. The number of nitrogens with one attached hydrogen (secondary N) is 3. The third-order valence-electron chi connectivity index (χ3n) is 3.40. The highest BCUT2D eigenvalue weighted by Crippen LogP contribution is 2.15. The highest BCUT2D eigenvalue weighted by atomic mass is 35.5. The van der Waals surface area contributed by atoms with Crippen LogP contribution >= 0.6 is 11.6 Å². The van der Waals surface area contributed by atoms with E-state index in [1.807, 2.05) is 13.8 Å². The van der Waals surface area contributed by atoms with Crippen LogP contribution in [-0.2, 0) is 14.3 Å². The van der Waals surface area contributed by atoms with Crippen LogP contribution in [0.25, 0.3) is 6.08 Å². The van der Waals surface area contributed by atoms with Crippen molar-refractivity contribution in [2.75, 3.05) is 0 Å². The van der Waals surface area contributed by atoms with Crippen molar-refractivity contribution in [3.8, 4) is 0 Å². The van der Waals surface area contributed by atoms with Gasteiger partial charge in [-0.15, -0.1) is 0 Å². The summed E-state index contributed by atoms with van der Waals surface area (Å²) in [6.45, 7) is 8.82. The van der Waals surface area contributed by atoms with E-state index < -0.39 is 35.4 Å². The third kappa shape index (κ3) is 9.94. The molecule has 29 heavy (non-hydrogen) atoms. The van der Waals surface area contributed by atoms with Gasteiger partial charge in [0.05, 0.1) is 0 Å². The zero-order chi connectivity index (χ0) is 22.2. The molecule has 0 heterocycles. The van der Waals surface area contributed by atoms with E-state index in [2.05, 4.69) is 16.2 Å². The molecule has 1 rings (SSSR count). The maximum atomic E-state index is 13.8. The van der Waals surface area contributed by atoms with Gasteiger partial charge in [0, 0.05) is 16.7 Å². The molecule has 7 nitrogen and oxygen atoms in total. The van der Waals surface area contributed by atoms with Gasteiger partial charge in [-0.05, 0) is 51.3 Å². The molecule has 0 radical (unpaired) electrons. The Kier molecular flexibility index (Phi) is 9.10. The number of amides is 3. The number of carbonyl (C=O) groups excluding carboxylic acids is 3. The van der Waals surface area contributed by atoms with Gasteiger partial charge in [0.15, 0.2) is 0 Å². The zero-order valence-corrected chi connectivity index (χ0v) is 17.9. The summed E-state index contributed by atoms with van der Waals surface area (Å²) in [7, 11) is 0. The van der Waals surface area contributed by atoms with Crippen LogP contribution < -0.4 is 16.2 Å². The summed E-state index contributed by atoms with van der Waals surface area (Å²) in [5.74, 6) is -1.67.